The van der Waals surface area contributed by atoms with Crippen LogP contribution in [0.1, 0.15) is 19.4 Å². The summed E-state index contributed by atoms with van der Waals surface area (Å²) in [4.78, 5) is 0. The van der Waals surface area contributed by atoms with Crippen LogP contribution < -0.4 is 0 Å². The van der Waals surface area contributed by atoms with Crippen molar-refractivity contribution in [1.29, 1.82) is 0 Å². The Hall–Kier alpha value is -1.76. The van der Waals surface area contributed by atoms with Gasteiger partial charge >= 0.3 is 0 Å². The molecule has 0 spiro atoms. The van der Waals surface area contributed by atoms with Gasteiger partial charge in [-0.1, -0.05) is 31.2 Å². The second-order valence-corrected chi connectivity index (χ2v) is 4.47. The number of nitrogens with zero attached hydrogens (tertiary/aromatic N) is 1. The summed E-state index contributed by atoms with van der Waals surface area (Å²) in [5.74, 6) is 0. The maximum Gasteiger partial charge on any atom is 0.0491 e. The van der Waals surface area contributed by atoms with Gasteiger partial charge in [-0.25, -0.2) is 0 Å². The molecular weight excluding hydrogens is 206 g/mol. The van der Waals surface area contributed by atoms with Crippen molar-refractivity contribution in [3.63, 3.8) is 0 Å². The summed E-state index contributed by atoms with van der Waals surface area (Å²) in [5.41, 5.74) is 4.11. The van der Waals surface area contributed by atoms with Gasteiger partial charge in [0.15, 0.2) is 0 Å². The van der Waals surface area contributed by atoms with E-state index in [0.717, 1.165) is 13.0 Å². The molecule has 1 heterocycles. The lowest BCUT2D eigenvalue weighted by atomic mass is 10.1. The molecule has 1 heteroatoms. The monoisotopic (exact) mass is 223 g/mol. The molecular formula is C16H17N. The second-order valence-electron chi connectivity index (χ2n) is 4.47. The maximum absolute atomic E-state index is 2.39. The molecule has 3 aromatic rings. The van der Waals surface area contributed by atoms with Crippen LogP contribution in [-0.4, -0.2) is 4.57 Å². The summed E-state index contributed by atoms with van der Waals surface area (Å²) < 4.78 is 2.39. The van der Waals surface area contributed by atoms with Crippen LogP contribution in [0.4, 0.5) is 0 Å². The van der Waals surface area contributed by atoms with Crippen LogP contribution in [0.2, 0.25) is 0 Å². The van der Waals surface area contributed by atoms with Gasteiger partial charge in [0.05, 0.1) is 0 Å². The molecule has 0 aliphatic carbocycles. The standard InChI is InChI=1S/C16H17N/c1-3-12-9-10-16-14(11-12)13-7-5-6-8-15(13)17(16)4-2/h5-11H,3-4H2,1-2H3. The van der Waals surface area contributed by atoms with E-state index in [1.54, 1.807) is 0 Å². The van der Waals surface area contributed by atoms with E-state index >= 15 is 0 Å². The number of rotatable bonds is 2. The zero-order valence-corrected chi connectivity index (χ0v) is 10.4. The summed E-state index contributed by atoms with van der Waals surface area (Å²) in [7, 11) is 0. The van der Waals surface area contributed by atoms with E-state index in [-0.39, 0.29) is 0 Å². The molecule has 17 heavy (non-hydrogen) atoms. The fourth-order valence-electron chi connectivity index (χ4n) is 2.66. The molecule has 1 nitrogen and oxygen atoms in total. The number of aromatic nitrogens is 1. The minimum atomic E-state index is 1.02. The van der Waals surface area contributed by atoms with Gasteiger partial charge in [0, 0.05) is 28.4 Å². The molecule has 0 aliphatic heterocycles. The van der Waals surface area contributed by atoms with Gasteiger partial charge in [-0.3, -0.25) is 0 Å². The van der Waals surface area contributed by atoms with Crippen molar-refractivity contribution in [2.45, 2.75) is 26.8 Å². The lowest BCUT2D eigenvalue weighted by molar-refractivity contribution is 0.827. The normalized spacial score (nSPS) is 11.4. The third-order valence-corrected chi connectivity index (χ3v) is 3.56. The van der Waals surface area contributed by atoms with Crippen LogP contribution in [-0.2, 0) is 13.0 Å². The second kappa shape index (κ2) is 3.92. The van der Waals surface area contributed by atoms with Crippen molar-refractivity contribution in [3.05, 3.63) is 48.0 Å². The van der Waals surface area contributed by atoms with Crippen molar-refractivity contribution in [2.24, 2.45) is 0 Å². The molecule has 3 rings (SSSR count). The predicted molar refractivity (Wildman–Crippen MR) is 74.5 cm³/mol. The molecule has 86 valence electrons. The van der Waals surface area contributed by atoms with Crippen LogP contribution >= 0.6 is 0 Å². The Kier molecular flexibility index (Phi) is 2.40. The average molecular weight is 223 g/mol. The van der Waals surface area contributed by atoms with E-state index in [1.165, 1.54) is 27.4 Å². The fourth-order valence-corrected chi connectivity index (χ4v) is 2.66. The van der Waals surface area contributed by atoms with Gasteiger partial charge in [-0.05, 0) is 37.1 Å². The summed E-state index contributed by atoms with van der Waals surface area (Å²) >= 11 is 0. The van der Waals surface area contributed by atoms with Crippen molar-refractivity contribution in [2.75, 3.05) is 0 Å². The summed E-state index contributed by atoms with van der Waals surface area (Å²) in [6.45, 7) is 5.44. The van der Waals surface area contributed by atoms with Gasteiger partial charge in [-0.15, -0.1) is 0 Å². The fraction of sp³-hybridized carbons (Fsp3) is 0.250. The zero-order chi connectivity index (χ0) is 11.8. The first-order valence-electron chi connectivity index (χ1n) is 6.35. The molecule has 1 aromatic heterocycles. The lowest BCUT2D eigenvalue weighted by Crippen LogP contribution is -1.92. The van der Waals surface area contributed by atoms with Gasteiger partial charge in [0.1, 0.15) is 0 Å². The summed E-state index contributed by atoms with van der Waals surface area (Å²) in [6.07, 6.45) is 1.10. The molecule has 0 bridgehead atoms. The highest BCUT2D eigenvalue weighted by atomic mass is 15.0. The Morgan fingerprint density at radius 3 is 2.41 bits per heavy atom. The first-order valence-corrected chi connectivity index (χ1v) is 6.35. The largest absolute Gasteiger partial charge is 0.341 e. The van der Waals surface area contributed by atoms with E-state index in [4.69, 9.17) is 0 Å². The molecule has 2 aromatic carbocycles. The third kappa shape index (κ3) is 1.46. The highest BCUT2D eigenvalue weighted by molar-refractivity contribution is 6.08. The number of fused-ring (bicyclic) bond motifs is 3. The molecule has 0 unspecified atom stereocenters. The topological polar surface area (TPSA) is 4.93 Å². The number of aryl methyl sites for hydroxylation is 2. The van der Waals surface area contributed by atoms with Crippen molar-refractivity contribution in [1.82, 2.24) is 4.57 Å². The van der Waals surface area contributed by atoms with Gasteiger partial charge in [-0.2, -0.15) is 0 Å². The Bertz CT molecular complexity index is 676. The highest BCUT2D eigenvalue weighted by Gasteiger charge is 2.08. The van der Waals surface area contributed by atoms with E-state index in [0.29, 0.717) is 0 Å². The first kappa shape index (κ1) is 10.4. The number of benzene rings is 2. The van der Waals surface area contributed by atoms with E-state index < -0.39 is 0 Å². The molecule has 0 radical (unpaired) electrons. The Morgan fingerprint density at radius 2 is 1.65 bits per heavy atom. The zero-order valence-electron chi connectivity index (χ0n) is 10.4. The van der Waals surface area contributed by atoms with Gasteiger partial charge in [0.2, 0.25) is 0 Å². The van der Waals surface area contributed by atoms with E-state index in [9.17, 15) is 0 Å². The van der Waals surface area contributed by atoms with Crippen LogP contribution in [0.5, 0.6) is 0 Å². The van der Waals surface area contributed by atoms with Crippen LogP contribution in [0.3, 0.4) is 0 Å². The maximum atomic E-state index is 2.39. The summed E-state index contributed by atoms with van der Waals surface area (Å²) in [6, 6.07) is 15.5. The van der Waals surface area contributed by atoms with Crippen molar-refractivity contribution >= 4 is 21.8 Å². The first-order chi connectivity index (χ1) is 8.35. The molecule has 0 atom stereocenters. The number of hydrogen-bond donors (Lipinski definition) is 0. The molecule has 0 saturated heterocycles. The Balaban J connectivity index is 2.49. The number of para-hydroxylation sites is 1. The third-order valence-electron chi connectivity index (χ3n) is 3.56. The van der Waals surface area contributed by atoms with Crippen LogP contribution in [0.25, 0.3) is 21.8 Å². The Labute approximate surface area is 102 Å². The molecule has 0 aliphatic rings. The summed E-state index contributed by atoms with van der Waals surface area (Å²) in [5, 5.41) is 2.77. The van der Waals surface area contributed by atoms with E-state index in [2.05, 4.69) is 60.9 Å². The minimum absolute atomic E-state index is 1.02. The molecule has 0 fully saturated rings. The van der Waals surface area contributed by atoms with Crippen LogP contribution in [0, 0.1) is 0 Å². The number of hydrogen-bond acceptors (Lipinski definition) is 0. The van der Waals surface area contributed by atoms with Gasteiger partial charge in [0.25, 0.3) is 0 Å². The average Bonchev–Trinajstić information content (AvgIpc) is 2.71. The van der Waals surface area contributed by atoms with Crippen LogP contribution in [0.15, 0.2) is 42.5 Å². The molecule has 0 saturated carbocycles. The van der Waals surface area contributed by atoms with Crippen molar-refractivity contribution < 1.29 is 0 Å². The molecule has 0 amide bonds. The lowest BCUT2D eigenvalue weighted by Gasteiger charge is -2.03. The van der Waals surface area contributed by atoms with Crippen molar-refractivity contribution in [3.8, 4) is 0 Å². The van der Waals surface area contributed by atoms with E-state index in [1.807, 2.05) is 0 Å². The minimum Gasteiger partial charge on any atom is -0.341 e. The smallest absolute Gasteiger partial charge is 0.0491 e. The molecule has 0 N–H and O–H groups in total. The quantitative estimate of drug-likeness (QED) is 0.607. The SMILES string of the molecule is CCc1ccc2c(c1)c1ccccc1n2CC. The predicted octanol–water partition coefficient (Wildman–Crippen LogP) is 4.38. The Morgan fingerprint density at radius 1 is 0.882 bits per heavy atom. The highest BCUT2D eigenvalue weighted by Crippen LogP contribution is 2.29. The van der Waals surface area contributed by atoms with Gasteiger partial charge < -0.3 is 4.57 Å².